The standard InChI is InChI=1S/C21H24O3/c1-5-21(2,3)17-9-13-19(14-10-17)24-20(22)15-8-16-6-11-18(23-4)12-7-16/h6-15H,5H2,1-4H3/b15-8+. The second-order valence-electron chi connectivity index (χ2n) is 6.29. The predicted molar refractivity (Wildman–Crippen MR) is 97.4 cm³/mol. The molecule has 0 bridgehead atoms. The molecule has 0 fully saturated rings. The first kappa shape index (κ1) is 17.8. The number of esters is 1. The molecule has 0 spiro atoms. The third-order valence-electron chi connectivity index (χ3n) is 4.27. The van der Waals surface area contributed by atoms with Crippen molar-refractivity contribution >= 4 is 12.0 Å². The SMILES string of the molecule is CCC(C)(C)c1ccc(OC(=O)/C=C/c2ccc(OC)cc2)cc1. The van der Waals surface area contributed by atoms with E-state index >= 15 is 0 Å². The van der Waals surface area contributed by atoms with Crippen LogP contribution in [0.5, 0.6) is 11.5 Å². The van der Waals surface area contributed by atoms with Gasteiger partial charge in [-0.3, -0.25) is 0 Å². The number of carbonyl (C=O) groups is 1. The molecule has 0 saturated carbocycles. The molecular formula is C21H24O3. The van der Waals surface area contributed by atoms with Crippen molar-refractivity contribution in [3.05, 3.63) is 65.7 Å². The number of hydrogen-bond donors (Lipinski definition) is 0. The molecule has 24 heavy (non-hydrogen) atoms. The molecule has 2 aromatic carbocycles. The summed E-state index contributed by atoms with van der Waals surface area (Å²) in [5.41, 5.74) is 2.27. The van der Waals surface area contributed by atoms with Gasteiger partial charge in [-0.1, -0.05) is 45.0 Å². The first-order valence-corrected chi connectivity index (χ1v) is 8.09. The largest absolute Gasteiger partial charge is 0.497 e. The topological polar surface area (TPSA) is 35.5 Å². The third-order valence-corrected chi connectivity index (χ3v) is 4.27. The molecule has 2 aromatic rings. The summed E-state index contributed by atoms with van der Waals surface area (Å²) < 4.78 is 10.4. The van der Waals surface area contributed by atoms with Gasteiger partial charge in [-0.25, -0.2) is 4.79 Å². The molecule has 0 unspecified atom stereocenters. The fourth-order valence-corrected chi connectivity index (χ4v) is 2.21. The molecule has 0 aliphatic carbocycles. The summed E-state index contributed by atoms with van der Waals surface area (Å²) in [7, 11) is 1.62. The zero-order chi connectivity index (χ0) is 17.6. The minimum Gasteiger partial charge on any atom is -0.497 e. The van der Waals surface area contributed by atoms with Crippen molar-refractivity contribution in [1.29, 1.82) is 0 Å². The summed E-state index contributed by atoms with van der Waals surface area (Å²) in [5.74, 6) is 0.938. The van der Waals surface area contributed by atoms with E-state index in [9.17, 15) is 4.79 Å². The molecule has 3 nitrogen and oxygen atoms in total. The minimum absolute atomic E-state index is 0.122. The van der Waals surface area contributed by atoms with E-state index in [1.807, 2.05) is 48.5 Å². The molecule has 0 radical (unpaired) electrons. The summed E-state index contributed by atoms with van der Waals surface area (Å²) in [6.45, 7) is 6.56. The minimum atomic E-state index is -0.395. The third kappa shape index (κ3) is 4.72. The van der Waals surface area contributed by atoms with Crippen LogP contribution in [0.2, 0.25) is 0 Å². The molecule has 0 amide bonds. The predicted octanol–water partition coefficient (Wildman–Crippen LogP) is 5.00. The van der Waals surface area contributed by atoms with Crippen molar-refractivity contribution < 1.29 is 14.3 Å². The van der Waals surface area contributed by atoms with E-state index in [1.54, 1.807) is 13.2 Å². The Hall–Kier alpha value is -2.55. The Labute approximate surface area is 143 Å². The monoisotopic (exact) mass is 324 g/mol. The maximum Gasteiger partial charge on any atom is 0.336 e. The summed E-state index contributed by atoms with van der Waals surface area (Å²) >= 11 is 0. The average Bonchev–Trinajstić information content (AvgIpc) is 2.61. The highest BCUT2D eigenvalue weighted by molar-refractivity contribution is 5.88. The van der Waals surface area contributed by atoms with Gasteiger partial charge in [-0.05, 0) is 53.3 Å². The van der Waals surface area contributed by atoms with Crippen LogP contribution < -0.4 is 9.47 Å². The van der Waals surface area contributed by atoms with Gasteiger partial charge in [0.1, 0.15) is 11.5 Å². The van der Waals surface area contributed by atoms with Crippen molar-refractivity contribution in [2.75, 3.05) is 7.11 Å². The van der Waals surface area contributed by atoms with E-state index in [0.29, 0.717) is 5.75 Å². The molecule has 0 atom stereocenters. The Kier molecular flexibility index (Phi) is 5.80. The van der Waals surface area contributed by atoms with E-state index in [0.717, 1.165) is 17.7 Å². The molecule has 0 N–H and O–H groups in total. The van der Waals surface area contributed by atoms with Crippen molar-refractivity contribution in [2.45, 2.75) is 32.6 Å². The van der Waals surface area contributed by atoms with E-state index in [-0.39, 0.29) is 5.41 Å². The first-order chi connectivity index (χ1) is 11.4. The molecule has 0 aliphatic rings. The van der Waals surface area contributed by atoms with E-state index in [2.05, 4.69) is 20.8 Å². The molecule has 0 aliphatic heterocycles. The van der Waals surface area contributed by atoms with Crippen molar-refractivity contribution in [2.24, 2.45) is 0 Å². The van der Waals surface area contributed by atoms with E-state index < -0.39 is 5.97 Å². The van der Waals surface area contributed by atoms with Crippen LogP contribution in [0.4, 0.5) is 0 Å². The Morgan fingerprint density at radius 1 is 1.00 bits per heavy atom. The lowest BCUT2D eigenvalue weighted by atomic mass is 9.82. The maximum absolute atomic E-state index is 11.9. The Morgan fingerprint density at radius 2 is 1.58 bits per heavy atom. The van der Waals surface area contributed by atoms with Gasteiger partial charge in [0.15, 0.2) is 0 Å². The van der Waals surface area contributed by atoms with Crippen LogP contribution >= 0.6 is 0 Å². The Bertz CT molecular complexity index is 695. The molecule has 0 aromatic heterocycles. The van der Waals surface area contributed by atoms with Gasteiger partial charge < -0.3 is 9.47 Å². The molecule has 0 saturated heterocycles. The smallest absolute Gasteiger partial charge is 0.336 e. The van der Waals surface area contributed by atoms with Gasteiger partial charge in [0, 0.05) is 6.08 Å². The van der Waals surface area contributed by atoms with Gasteiger partial charge in [0.05, 0.1) is 7.11 Å². The van der Waals surface area contributed by atoms with Gasteiger partial charge in [0.25, 0.3) is 0 Å². The van der Waals surface area contributed by atoms with Gasteiger partial charge in [-0.15, -0.1) is 0 Å². The summed E-state index contributed by atoms with van der Waals surface area (Å²) in [5, 5.41) is 0. The van der Waals surface area contributed by atoms with Gasteiger partial charge in [0.2, 0.25) is 0 Å². The van der Waals surface area contributed by atoms with Gasteiger partial charge in [-0.2, -0.15) is 0 Å². The number of hydrogen-bond acceptors (Lipinski definition) is 3. The summed E-state index contributed by atoms with van der Waals surface area (Å²) in [6.07, 6.45) is 4.19. The normalized spacial score (nSPS) is 11.5. The van der Waals surface area contributed by atoms with Crippen LogP contribution in [0, 0.1) is 0 Å². The van der Waals surface area contributed by atoms with Crippen LogP contribution in [0.25, 0.3) is 6.08 Å². The quantitative estimate of drug-likeness (QED) is 0.426. The van der Waals surface area contributed by atoms with Crippen LogP contribution in [0.3, 0.4) is 0 Å². The lowest BCUT2D eigenvalue weighted by Crippen LogP contribution is -2.15. The lowest BCUT2D eigenvalue weighted by molar-refractivity contribution is -0.128. The van der Waals surface area contributed by atoms with Crippen LogP contribution in [-0.4, -0.2) is 13.1 Å². The van der Waals surface area contributed by atoms with E-state index in [1.165, 1.54) is 11.6 Å². The summed E-state index contributed by atoms with van der Waals surface area (Å²) in [4.78, 5) is 11.9. The second-order valence-corrected chi connectivity index (χ2v) is 6.29. The fraction of sp³-hybridized carbons (Fsp3) is 0.286. The number of carbonyl (C=O) groups excluding carboxylic acids is 1. The van der Waals surface area contributed by atoms with Crippen LogP contribution in [0.1, 0.15) is 38.3 Å². The highest BCUT2D eigenvalue weighted by Crippen LogP contribution is 2.28. The van der Waals surface area contributed by atoms with Crippen molar-refractivity contribution in [3.63, 3.8) is 0 Å². The average molecular weight is 324 g/mol. The number of benzene rings is 2. The number of ether oxygens (including phenoxy) is 2. The zero-order valence-electron chi connectivity index (χ0n) is 14.7. The highest BCUT2D eigenvalue weighted by Gasteiger charge is 2.17. The molecule has 126 valence electrons. The molecule has 0 heterocycles. The first-order valence-electron chi connectivity index (χ1n) is 8.09. The second kappa shape index (κ2) is 7.82. The highest BCUT2D eigenvalue weighted by atomic mass is 16.5. The summed E-state index contributed by atoms with van der Waals surface area (Å²) in [6, 6.07) is 15.2. The number of methoxy groups -OCH3 is 1. The number of rotatable bonds is 6. The molecule has 2 rings (SSSR count). The van der Waals surface area contributed by atoms with Crippen molar-refractivity contribution in [3.8, 4) is 11.5 Å². The van der Waals surface area contributed by atoms with Crippen LogP contribution in [-0.2, 0) is 10.2 Å². The lowest BCUT2D eigenvalue weighted by Gasteiger charge is -2.23. The van der Waals surface area contributed by atoms with Gasteiger partial charge >= 0.3 is 5.97 Å². The maximum atomic E-state index is 11.9. The molecule has 3 heteroatoms. The van der Waals surface area contributed by atoms with E-state index in [4.69, 9.17) is 9.47 Å². The molecular weight excluding hydrogens is 300 g/mol. The fourth-order valence-electron chi connectivity index (χ4n) is 2.21. The van der Waals surface area contributed by atoms with Crippen molar-refractivity contribution in [1.82, 2.24) is 0 Å². The Morgan fingerprint density at radius 3 is 2.12 bits per heavy atom. The zero-order valence-corrected chi connectivity index (χ0v) is 14.7. The van der Waals surface area contributed by atoms with Crippen LogP contribution in [0.15, 0.2) is 54.6 Å². The Balaban J connectivity index is 1.97.